The Morgan fingerprint density at radius 1 is 1.29 bits per heavy atom. The van der Waals surface area contributed by atoms with Crippen molar-refractivity contribution in [3.05, 3.63) is 47.3 Å². The maximum Gasteiger partial charge on any atom is 0.253 e. The highest BCUT2D eigenvalue weighted by Crippen LogP contribution is 2.22. The zero-order chi connectivity index (χ0) is 15.4. The molecule has 0 aliphatic carbocycles. The standard InChI is InChI=1S/C16H20N2O3/c1-11-10-15(16(20)17-8-9-19)12(2)18(11)13-4-6-14(21-3)7-5-13/h4-7,10,19H,8-9H2,1-3H3,(H,17,20). The van der Waals surface area contributed by atoms with E-state index in [2.05, 4.69) is 5.32 Å². The number of hydrogen-bond acceptors (Lipinski definition) is 3. The molecule has 1 aromatic heterocycles. The number of benzene rings is 1. The number of rotatable bonds is 5. The predicted octanol–water partition coefficient (Wildman–Crippen LogP) is 1.82. The molecule has 1 amide bonds. The summed E-state index contributed by atoms with van der Waals surface area (Å²) in [5.41, 5.74) is 3.45. The molecule has 1 heterocycles. The first kappa shape index (κ1) is 15.1. The number of methoxy groups -OCH3 is 1. The Kier molecular flexibility index (Phi) is 4.65. The van der Waals surface area contributed by atoms with Crippen molar-refractivity contribution in [3.63, 3.8) is 0 Å². The minimum atomic E-state index is -0.170. The molecule has 2 rings (SSSR count). The topological polar surface area (TPSA) is 63.5 Å². The van der Waals surface area contributed by atoms with E-state index in [9.17, 15) is 4.79 Å². The van der Waals surface area contributed by atoms with Crippen LogP contribution < -0.4 is 10.1 Å². The maximum atomic E-state index is 12.1. The molecule has 0 bridgehead atoms. The number of nitrogens with zero attached hydrogens (tertiary/aromatic N) is 1. The van der Waals surface area contributed by atoms with Crippen LogP contribution in [-0.4, -0.2) is 35.8 Å². The third-order valence-corrected chi connectivity index (χ3v) is 3.40. The van der Waals surface area contributed by atoms with Crippen molar-refractivity contribution < 1.29 is 14.6 Å². The van der Waals surface area contributed by atoms with Gasteiger partial charge in [-0.3, -0.25) is 4.79 Å². The monoisotopic (exact) mass is 288 g/mol. The maximum absolute atomic E-state index is 12.1. The van der Waals surface area contributed by atoms with Gasteiger partial charge in [-0.2, -0.15) is 0 Å². The summed E-state index contributed by atoms with van der Waals surface area (Å²) in [6.07, 6.45) is 0. The van der Waals surface area contributed by atoms with Gasteiger partial charge in [0.25, 0.3) is 5.91 Å². The van der Waals surface area contributed by atoms with Crippen LogP contribution in [0.25, 0.3) is 5.69 Å². The Balaban J connectivity index is 2.36. The number of carbonyl (C=O) groups excluding carboxylic acids is 1. The minimum absolute atomic E-state index is 0.0665. The molecular weight excluding hydrogens is 268 g/mol. The molecule has 0 aliphatic rings. The fourth-order valence-corrected chi connectivity index (χ4v) is 2.39. The van der Waals surface area contributed by atoms with Gasteiger partial charge in [-0.1, -0.05) is 0 Å². The van der Waals surface area contributed by atoms with E-state index in [-0.39, 0.29) is 19.1 Å². The molecule has 112 valence electrons. The number of aliphatic hydroxyl groups is 1. The Labute approximate surface area is 124 Å². The van der Waals surface area contributed by atoms with Crippen molar-refractivity contribution >= 4 is 5.91 Å². The van der Waals surface area contributed by atoms with Crippen LogP contribution in [0.3, 0.4) is 0 Å². The SMILES string of the molecule is COc1ccc(-n2c(C)cc(C(=O)NCCO)c2C)cc1. The molecule has 5 nitrogen and oxygen atoms in total. The fraction of sp³-hybridized carbons (Fsp3) is 0.312. The fourth-order valence-electron chi connectivity index (χ4n) is 2.39. The Bertz CT molecular complexity index is 630. The smallest absolute Gasteiger partial charge is 0.253 e. The minimum Gasteiger partial charge on any atom is -0.497 e. The number of carbonyl (C=O) groups is 1. The second-order valence-electron chi connectivity index (χ2n) is 4.80. The van der Waals surface area contributed by atoms with Crippen LogP contribution >= 0.6 is 0 Å². The molecule has 2 N–H and O–H groups in total. The van der Waals surface area contributed by atoms with E-state index in [1.165, 1.54) is 0 Å². The first-order valence-electron chi connectivity index (χ1n) is 6.81. The van der Waals surface area contributed by atoms with E-state index < -0.39 is 0 Å². The molecule has 0 atom stereocenters. The highest BCUT2D eigenvalue weighted by molar-refractivity contribution is 5.95. The second-order valence-corrected chi connectivity index (χ2v) is 4.80. The van der Waals surface area contributed by atoms with Crippen LogP contribution in [0.4, 0.5) is 0 Å². The lowest BCUT2D eigenvalue weighted by Gasteiger charge is -2.11. The van der Waals surface area contributed by atoms with Crippen molar-refractivity contribution in [3.8, 4) is 11.4 Å². The number of amides is 1. The molecule has 21 heavy (non-hydrogen) atoms. The van der Waals surface area contributed by atoms with Gasteiger partial charge in [-0.25, -0.2) is 0 Å². The van der Waals surface area contributed by atoms with E-state index in [4.69, 9.17) is 9.84 Å². The van der Waals surface area contributed by atoms with Crippen molar-refractivity contribution in [2.24, 2.45) is 0 Å². The third-order valence-electron chi connectivity index (χ3n) is 3.40. The van der Waals surface area contributed by atoms with Gasteiger partial charge in [0.15, 0.2) is 0 Å². The Morgan fingerprint density at radius 2 is 1.95 bits per heavy atom. The highest BCUT2D eigenvalue weighted by Gasteiger charge is 2.16. The van der Waals surface area contributed by atoms with Gasteiger partial charge in [-0.15, -0.1) is 0 Å². The second kappa shape index (κ2) is 6.45. The lowest BCUT2D eigenvalue weighted by Crippen LogP contribution is -2.26. The first-order chi connectivity index (χ1) is 10.1. The molecule has 0 fully saturated rings. The molecule has 1 aromatic carbocycles. The van der Waals surface area contributed by atoms with E-state index >= 15 is 0 Å². The molecule has 0 radical (unpaired) electrons. The summed E-state index contributed by atoms with van der Waals surface area (Å²) in [5, 5.41) is 11.5. The van der Waals surface area contributed by atoms with Gasteiger partial charge in [0.1, 0.15) is 5.75 Å². The van der Waals surface area contributed by atoms with Gasteiger partial charge in [0.05, 0.1) is 19.3 Å². The average Bonchev–Trinajstić information content (AvgIpc) is 2.80. The lowest BCUT2D eigenvalue weighted by molar-refractivity contribution is 0.0944. The van der Waals surface area contributed by atoms with E-state index in [0.717, 1.165) is 22.8 Å². The molecule has 0 spiro atoms. The van der Waals surface area contributed by atoms with Crippen LogP contribution in [0.2, 0.25) is 0 Å². The van der Waals surface area contributed by atoms with Gasteiger partial charge in [0, 0.05) is 23.6 Å². The number of aromatic nitrogens is 1. The highest BCUT2D eigenvalue weighted by atomic mass is 16.5. The van der Waals surface area contributed by atoms with E-state index in [0.29, 0.717) is 5.56 Å². The van der Waals surface area contributed by atoms with Crippen molar-refractivity contribution in [2.45, 2.75) is 13.8 Å². The predicted molar refractivity (Wildman–Crippen MR) is 81.2 cm³/mol. The Hall–Kier alpha value is -2.27. The lowest BCUT2D eigenvalue weighted by atomic mass is 10.2. The van der Waals surface area contributed by atoms with Gasteiger partial charge in [-0.05, 0) is 44.2 Å². The van der Waals surface area contributed by atoms with Crippen LogP contribution in [0.5, 0.6) is 5.75 Å². The van der Waals surface area contributed by atoms with Gasteiger partial charge in [0.2, 0.25) is 0 Å². The quantitative estimate of drug-likeness (QED) is 0.882. The number of aryl methyl sites for hydroxylation is 1. The molecule has 0 aliphatic heterocycles. The summed E-state index contributed by atoms with van der Waals surface area (Å²) in [5.74, 6) is 0.624. The zero-order valence-electron chi connectivity index (χ0n) is 12.5. The third kappa shape index (κ3) is 3.08. The number of ether oxygens (including phenoxy) is 1. The summed E-state index contributed by atoms with van der Waals surface area (Å²) >= 11 is 0. The van der Waals surface area contributed by atoms with Gasteiger partial charge < -0.3 is 19.7 Å². The molecule has 2 aromatic rings. The molecule has 0 saturated carbocycles. The van der Waals surface area contributed by atoms with Gasteiger partial charge >= 0.3 is 0 Å². The summed E-state index contributed by atoms with van der Waals surface area (Å²) < 4.78 is 7.18. The van der Waals surface area contributed by atoms with E-state index in [1.807, 2.05) is 48.7 Å². The molecule has 5 heteroatoms. The van der Waals surface area contributed by atoms with E-state index in [1.54, 1.807) is 7.11 Å². The summed E-state index contributed by atoms with van der Waals surface area (Å²) in [6.45, 7) is 4.05. The number of aliphatic hydroxyl groups excluding tert-OH is 1. The van der Waals surface area contributed by atoms with Crippen LogP contribution in [0, 0.1) is 13.8 Å². The van der Waals surface area contributed by atoms with Crippen LogP contribution in [-0.2, 0) is 0 Å². The molecular formula is C16H20N2O3. The molecule has 0 unspecified atom stereocenters. The van der Waals surface area contributed by atoms with Crippen LogP contribution in [0.1, 0.15) is 21.7 Å². The summed E-state index contributed by atoms with van der Waals surface area (Å²) in [7, 11) is 1.63. The van der Waals surface area contributed by atoms with Crippen molar-refractivity contribution in [1.29, 1.82) is 0 Å². The largest absolute Gasteiger partial charge is 0.497 e. The van der Waals surface area contributed by atoms with Crippen molar-refractivity contribution in [1.82, 2.24) is 9.88 Å². The average molecular weight is 288 g/mol. The normalized spacial score (nSPS) is 10.5. The Morgan fingerprint density at radius 3 is 2.52 bits per heavy atom. The number of nitrogens with one attached hydrogen (secondary N) is 1. The summed E-state index contributed by atoms with van der Waals surface area (Å²) in [4.78, 5) is 12.1. The zero-order valence-corrected chi connectivity index (χ0v) is 12.5. The first-order valence-corrected chi connectivity index (χ1v) is 6.81. The van der Waals surface area contributed by atoms with Crippen LogP contribution in [0.15, 0.2) is 30.3 Å². The summed E-state index contributed by atoms with van der Waals surface area (Å²) in [6, 6.07) is 9.54. The molecule has 0 saturated heterocycles. The number of hydrogen-bond donors (Lipinski definition) is 2. The van der Waals surface area contributed by atoms with Crippen molar-refractivity contribution in [2.75, 3.05) is 20.3 Å².